The molecule has 2 rings (SSSR count). The summed E-state index contributed by atoms with van der Waals surface area (Å²) >= 11 is 0. The zero-order chi connectivity index (χ0) is 9.26. The largest absolute Gasteiger partial charge is 0.393 e. The van der Waals surface area contributed by atoms with Gasteiger partial charge in [0, 0.05) is 23.5 Å². The van der Waals surface area contributed by atoms with Crippen LogP contribution in [0.2, 0.25) is 0 Å². The molecule has 0 amide bonds. The average Bonchev–Trinajstić information content (AvgIpc) is 2.48. The Morgan fingerprint density at radius 2 is 2.15 bits per heavy atom. The number of aromatic amines is 1. The van der Waals surface area contributed by atoms with Gasteiger partial charge in [-0.1, -0.05) is 18.2 Å². The number of para-hydroxylation sites is 1. The summed E-state index contributed by atoms with van der Waals surface area (Å²) < 4.78 is 0. The predicted octanol–water partition coefficient (Wildman–Crippen LogP) is 2.09. The second-order valence-electron chi connectivity index (χ2n) is 3.41. The number of aromatic nitrogens is 1. The zero-order valence-electron chi connectivity index (χ0n) is 7.62. The van der Waals surface area contributed by atoms with E-state index in [2.05, 4.69) is 11.1 Å². The first-order valence-electron chi connectivity index (χ1n) is 4.50. The van der Waals surface area contributed by atoms with E-state index in [9.17, 15) is 5.11 Å². The molecule has 0 bridgehead atoms. The van der Waals surface area contributed by atoms with Crippen molar-refractivity contribution in [3.05, 3.63) is 36.0 Å². The quantitative estimate of drug-likeness (QED) is 0.720. The lowest BCUT2D eigenvalue weighted by molar-refractivity contribution is 0.196. The van der Waals surface area contributed by atoms with Crippen molar-refractivity contribution in [2.75, 3.05) is 0 Å². The molecule has 2 N–H and O–H groups in total. The van der Waals surface area contributed by atoms with Gasteiger partial charge in [0.25, 0.3) is 0 Å². The Morgan fingerprint density at radius 3 is 2.92 bits per heavy atom. The fourth-order valence-electron chi connectivity index (χ4n) is 1.62. The maximum atomic E-state index is 9.27. The molecular weight excluding hydrogens is 162 g/mol. The van der Waals surface area contributed by atoms with Crippen molar-refractivity contribution >= 4 is 10.9 Å². The van der Waals surface area contributed by atoms with Gasteiger partial charge in [-0.25, -0.2) is 0 Å². The van der Waals surface area contributed by atoms with Gasteiger partial charge >= 0.3 is 0 Å². The molecule has 1 atom stereocenters. The summed E-state index contributed by atoms with van der Waals surface area (Å²) in [5, 5.41) is 10.5. The van der Waals surface area contributed by atoms with E-state index in [0.717, 1.165) is 5.52 Å². The minimum Gasteiger partial charge on any atom is -0.393 e. The molecule has 0 radical (unpaired) electrons. The van der Waals surface area contributed by atoms with Crippen LogP contribution < -0.4 is 0 Å². The smallest absolute Gasteiger partial charge is 0.0553 e. The molecule has 0 fully saturated rings. The number of benzene rings is 1. The van der Waals surface area contributed by atoms with E-state index < -0.39 is 0 Å². The van der Waals surface area contributed by atoms with E-state index in [1.165, 1.54) is 10.9 Å². The highest BCUT2D eigenvalue weighted by molar-refractivity contribution is 5.83. The van der Waals surface area contributed by atoms with Gasteiger partial charge in [-0.15, -0.1) is 0 Å². The van der Waals surface area contributed by atoms with Crippen LogP contribution in [0.15, 0.2) is 30.5 Å². The van der Waals surface area contributed by atoms with Crippen LogP contribution in [0.3, 0.4) is 0 Å². The predicted molar refractivity (Wildman–Crippen MR) is 53.7 cm³/mol. The molecule has 1 aromatic heterocycles. The number of hydrogen-bond acceptors (Lipinski definition) is 1. The van der Waals surface area contributed by atoms with Crippen LogP contribution >= 0.6 is 0 Å². The van der Waals surface area contributed by atoms with Crippen molar-refractivity contribution in [1.29, 1.82) is 0 Å². The maximum Gasteiger partial charge on any atom is 0.0553 e. The second kappa shape index (κ2) is 3.23. The molecule has 0 saturated heterocycles. The minimum atomic E-state index is -0.279. The molecule has 1 heterocycles. The molecule has 2 aromatic rings. The van der Waals surface area contributed by atoms with Crippen LogP contribution in [0.1, 0.15) is 12.5 Å². The number of hydrogen-bond donors (Lipinski definition) is 2. The number of rotatable bonds is 2. The van der Waals surface area contributed by atoms with Crippen LogP contribution in [-0.2, 0) is 6.42 Å². The van der Waals surface area contributed by atoms with Crippen molar-refractivity contribution in [3.63, 3.8) is 0 Å². The normalized spacial score (nSPS) is 13.4. The van der Waals surface area contributed by atoms with Crippen LogP contribution in [-0.4, -0.2) is 16.2 Å². The van der Waals surface area contributed by atoms with Crippen LogP contribution in [0.4, 0.5) is 0 Å². The molecular formula is C11H13NO. The Hall–Kier alpha value is -1.28. The molecule has 13 heavy (non-hydrogen) atoms. The molecule has 1 unspecified atom stereocenters. The molecule has 68 valence electrons. The third-order valence-corrected chi connectivity index (χ3v) is 2.19. The minimum absolute atomic E-state index is 0.279. The average molecular weight is 175 g/mol. The standard InChI is InChI=1S/C11H13NO/c1-8(13)6-9-7-12-11-5-3-2-4-10(9)11/h2-5,7-8,12-13H,6H2,1H3. The highest BCUT2D eigenvalue weighted by Gasteiger charge is 2.04. The van der Waals surface area contributed by atoms with Crippen LogP contribution in [0.25, 0.3) is 10.9 Å². The van der Waals surface area contributed by atoms with Gasteiger partial charge < -0.3 is 10.1 Å². The molecule has 0 aliphatic carbocycles. The summed E-state index contributed by atoms with van der Waals surface area (Å²) in [6.45, 7) is 1.81. The van der Waals surface area contributed by atoms with Crippen molar-refractivity contribution in [3.8, 4) is 0 Å². The van der Waals surface area contributed by atoms with Crippen molar-refractivity contribution < 1.29 is 5.11 Å². The van der Waals surface area contributed by atoms with E-state index in [4.69, 9.17) is 0 Å². The SMILES string of the molecule is CC(O)Cc1c[nH]c2ccccc12. The molecule has 2 nitrogen and oxygen atoms in total. The lowest BCUT2D eigenvalue weighted by atomic mass is 10.1. The number of H-pyrrole nitrogens is 1. The third kappa shape index (κ3) is 1.58. The summed E-state index contributed by atoms with van der Waals surface area (Å²) in [6.07, 6.45) is 2.40. The van der Waals surface area contributed by atoms with Gasteiger partial charge in [-0.2, -0.15) is 0 Å². The molecule has 0 aliphatic rings. The van der Waals surface area contributed by atoms with Crippen molar-refractivity contribution in [1.82, 2.24) is 4.98 Å². The van der Waals surface area contributed by atoms with E-state index in [1.54, 1.807) is 0 Å². The number of aliphatic hydroxyl groups excluding tert-OH is 1. The summed E-state index contributed by atoms with van der Waals surface area (Å²) in [5.74, 6) is 0. The van der Waals surface area contributed by atoms with Crippen LogP contribution in [0.5, 0.6) is 0 Å². The lowest BCUT2D eigenvalue weighted by Gasteiger charge is -2.01. The van der Waals surface area contributed by atoms with E-state index >= 15 is 0 Å². The highest BCUT2D eigenvalue weighted by Crippen LogP contribution is 2.18. The van der Waals surface area contributed by atoms with Crippen molar-refractivity contribution in [2.24, 2.45) is 0 Å². The molecule has 0 spiro atoms. The monoisotopic (exact) mass is 175 g/mol. The number of nitrogens with one attached hydrogen (secondary N) is 1. The van der Waals surface area contributed by atoms with Gasteiger partial charge in [0.05, 0.1) is 6.10 Å². The Morgan fingerprint density at radius 1 is 1.38 bits per heavy atom. The first-order valence-corrected chi connectivity index (χ1v) is 4.50. The summed E-state index contributed by atoms with van der Waals surface area (Å²) in [7, 11) is 0. The molecule has 0 aliphatic heterocycles. The number of fused-ring (bicyclic) bond motifs is 1. The first-order chi connectivity index (χ1) is 6.27. The van der Waals surface area contributed by atoms with E-state index in [1.807, 2.05) is 31.3 Å². The van der Waals surface area contributed by atoms with Gasteiger partial charge in [0.1, 0.15) is 0 Å². The van der Waals surface area contributed by atoms with Gasteiger partial charge in [-0.05, 0) is 18.6 Å². The van der Waals surface area contributed by atoms with E-state index in [-0.39, 0.29) is 6.10 Å². The molecule has 1 aromatic carbocycles. The van der Waals surface area contributed by atoms with Crippen LogP contribution in [0, 0.1) is 0 Å². The fourth-order valence-corrected chi connectivity index (χ4v) is 1.62. The summed E-state index contributed by atoms with van der Waals surface area (Å²) in [6, 6.07) is 8.14. The Kier molecular flexibility index (Phi) is 2.07. The maximum absolute atomic E-state index is 9.27. The number of aliphatic hydroxyl groups is 1. The lowest BCUT2D eigenvalue weighted by Crippen LogP contribution is -2.03. The highest BCUT2D eigenvalue weighted by atomic mass is 16.3. The Labute approximate surface area is 77.2 Å². The van der Waals surface area contributed by atoms with Gasteiger partial charge in [0.15, 0.2) is 0 Å². The van der Waals surface area contributed by atoms with Gasteiger partial charge in [0.2, 0.25) is 0 Å². The fraction of sp³-hybridized carbons (Fsp3) is 0.273. The Bertz CT molecular complexity index is 403. The summed E-state index contributed by atoms with van der Waals surface area (Å²) in [5.41, 5.74) is 2.32. The molecule has 2 heteroatoms. The van der Waals surface area contributed by atoms with Crippen molar-refractivity contribution in [2.45, 2.75) is 19.4 Å². The summed E-state index contributed by atoms with van der Waals surface area (Å²) in [4.78, 5) is 3.18. The first kappa shape index (κ1) is 8.32. The van der Waals surface area contributed by atoms with Gasteiger partial charge in [-0.3, -0.25) is 0 Å². The Balaban J connectivity index is 2.46. The molecule has 0 saturated carbocycles. The van der Waals surface area contributed by atoms with E-state index in [0.29, 0.717) is 6.42 Å². The topological polar surface area (TPSA) is 36.0 Å². The third-order valence-electron chi connectivity index (χ3n) is 2.19. The zero-order valence-corrected chi connectivity index (χ0v) is 7.62. The second-order valence-corrected chi connectivity index (χ2v) is 3.41.